The van der Waals surface area contributed by atoms with E-state index in [2.05, 4.69) is 113 Å². The van der Waals surface area contributed by atoms with E-state index in [1.165, 1.54) is 36.7 Å². The molecule has 3 aromatic carbocycles. The summed E-state index contributed by atoms with van der Waals surface area (Å²) in [7, 11) is 0. The lowest BCUT2D eigenvalue weighted by Crippen LogP contribution is -1.98. The van der Waals surface area contributed by atoms with E-state index in [4.69, 9.17) is 0 Å². The van der Waals surface area contributed by atoms with E-state index < -0.39 is 0 Å². The second-order valence-electron chi connectivity index (χ2n) is 6.14. The van der Waals surface area contributed by atoms with Gasteiger partial charge in [0, 0.05) is 27.2 Å². The molecule has 1 nitrogen and oxygen atoms in total. The fourth-order valence-corrected chi connectivity index (χ4v) is 3.99. The van der Waals surface area contributed by atoms with Gasteiger partial charge in [-0.1, -0.05) is 54.6 Å². The quantitative estimate of drug-likeness (QED) is 0.343. The molecule has 0 fully saturated rings. The third-order valence-electron chi connectivity index (χ3n) is 4.45. The minimum Gasteiger partial charge on any atom is -0.343 e. The number of hydrogen-bond acceptors (Lipinski definition) is 0. The molecule has 0 saturated heterocycles. The van der Waals surface area contributed by atoms with Crippen LogP contribution in [0.5, 0.6) is 0 Å². The van der Waals surface area contributed by atoms with Gasteiger partial charge < -0.3 is 4.57 Å². The Labute approximate surface area is 156 Å². The first-order chi connectivity index (χ1) is 11.7. The van der Waals surface area contributed by atoms with E-state index in [0.717, 1.165) is 6.54 Å². The topological polar surface area (TPSA) is 4.93 Å². The fourth-order valence-electron chi connectivity index (χ4n) is 3.29. The molecule has 0 N–H and O–H groups in total. The number of benzene rings is 3. The molecule has 1 heterocycles. The van der Waals surface area contributed by atoms with E-state index in [1.807, 2.05) is 0 Å². The maximum absolute atomic E-state index is 2.41. The van der Waals surface area contributed by atoms with Crippen LogP contribution in [0.2, 0.25) is 0 Å². The summed E-state index contributed by atoms with van der Waals surface area (Å²) in [6, 6.07) is 26.0. The lowest BCUT2D eigenvalue weighted by Gasteiger charge is -2.09. The maximum Gasteiger partial charge on any atom is 0.0486 e. The van der Waals surface area contributed by atoms with Gasteiger partial charge in [-0.25, -0.2) is 0 Å². The number of hydrogen-bond donors (Lipinski definition) is 0. The highest BCUT2D eigenvalue weighted by Gasteiger charge is 2.07. The van der Waals surface area contributed by atoms with Crippen LogP contribution in [0.1, 0.15) is 11.1 Å². The number of aryl methyl sites for hydroxylation is 1. The number of para-hydroxylation sites is 1. The summed E-state index contributed by atoms with van der Waals surface area (Å²) in [5.41, 5.74) is 6.54. The van der Waals surface area contributed by atoms with Crippen molar-refractivity contribution >= 4 is 33.5 Å². The van der Waals surface area contributed by atoms with Gasteiger partial charge in [-0.15, -0.1) is 0 Å². The number of halogens is 1. The monoisotopic (exact) mass is 423 g/mol. The Bertz CT molecular complexity index is 1010. The smallest absolute Gasteiger partial charge is 0.0486 e. The van der Waals surface area contributed by atoms with Crippen LogP contribution in [0.3, 0.4) is 0 Å². The standard InChI is InChI=1S/C22H18IN/c1-16-14-24(22-12-5-3-9-19(16)22)15-17-7-6-8-18(13-17)20-10-2-4-11-21(20)23/h2-14H,15H2,1H3. The van der Waals surface area contributed by atoms with E-state index in [-0.39, 0.29) is 0 Å². The van der Waals surface area contributed by atoms with Crippen LogP contribution in [-0.2, 0) is 6.54 Å². The molecule has 24 heavy (non-hydrogen) atoms. The lowest BCUT2D eigenvalue weighted by atomic mass is 10.0. The summed E-state index contributed by atoms with van der Waals surface area (Å²) < 4.78 is 3.63. The maximum atomic E-state index is 2.41. The molecule has 0 unspecified atom stereocenters. The van der Waals surface area contributed by atoms with Crippen molar-refractivity contribution in [2.75, 3.05) is 0 Å². The highest BCUT2D eigenvalue weighted by atomic mass is 127. The van der Waals surface area contributed by atoms with Crippen LogP contribution in [0, 0.1) is 10.5 Å². The number of fused-ring (bicyclic) bond motifs is 1. The van der Waals surface area contributed by atoms with Gasteiger partial charge in [-0.3, -0.25) is 0 Å². The van der Waals surface area contributed by atoms with Crippen LogP contribution >= 0.6 is 22.6 Å². The van der Waals surface area contributed by atoms with Crippen molar-refractivity contribution in [3.63, 3.8) is 0 Å². The summed E-state index contributed by atoms with van der Waals surface area (Å²) in [6.07, 6.45) is 2.25. The van der Waals surface area contributed by atoms with Gasteiger partial charge in [0.2, 0.25) is 0 Å². The Kier molecular flexibility index (Phi) is 4.15. The first kappa shape index (κ1) is 15.5. The van der Waals surface area contributed by atoms with Gasteiger partial charge in [0.05, 0.1) is 0 Å². The van der Waals surface area contributed by atoms with Crippen molar-refractivity contribution in [2.45, 2.75) is 13.5 Å². The molecule has 4 aromatic rings. The van der Waals surface area contributed by atoms with Gasteiger partial charge in [0.1, 0.15) is 0 Å². The predicted molar refractivity (Wildman–Crippen MR) is 110 cm³/mol. The fraction of sp³-hybridized carbons (Fsp3) is 0.0909. The normalized spacial score (nSPS) is 11.1. The van der Waals surface area contributed by atoms with Crippen molar-refractivity contribution < 1.29 is 0 Å². The summed E-state index contributed by atoms with van der Waals surface area (Å²) in [4.78, 5) is 0. The Morgan fingerprint density at radius 2 is 1.67 bits per heavy atom. The molecular weight excluding hydrogens is 405 g/mol. The van der Waals surface area contributed by atoms with Gasteiger partial charge in [-0.05, 0) is 70.0 Å². The van der Waals surface area contributed by atoms with Crippen molar-refractivity contribution in [3.05, 3.63) is 93.7 Å². The Balaban J connectivity index is 1.73. The van der Waals surface area contributed by atoms with Crippen LogP contribution in [0.4, 0.5) is 0 Å². The summed E-state index contributed by atoms with van der Waals surface area (Å²) >= 11 is 2.41. The van der Waals surface area contributed by atoms with E-state index in [1.54, 1.807) is 0 Å². The molecule has 1 aromatic heterocycles. The van der Waals surface area contributed by atoms with Crippen LogP contribution in [0.15, 0.2) is 79.0 Å². The third kappa shape index (κ3) is 2.86. The zero-order valence-electron chi connectivity index (χ0n) is 13.5. The molecule has 2 heteroatoms. The van der Waals surface area contributed by atoms with Gasteiger partial charge in [-0.2, -0.15) is 0 Å². The first-order valence-corrected chi connectivity index (χ1v) is 9.18. The zero-order valence-corrected chi connectivity index (χ0v) is 15.7. The summed E-state index contributed by atoms with van der Waals surface area (Å²) in [5, 5.41) is 1.34. The first-order valence-electron chi connectivity index (χ1n) is 8.11. The molecule has 0 amide bonds. The molecule has 4 rings (SSSR count). The molecule has 0 atom stereocenters. The van der Waals surface area contributed by atoms with E-state index in [0.29, 0.717) is 0 Å². The van der Waals surface area contributed by atoms with E-state index >= 15 is 0 Å². The zero-order chi connectivity index (χ0) is 16.5. The van der Waals surface area contributed by atoms with Crippen molar-refractivity contribution in [1.29, 1.82) is 0 Å². The Morgan fingerprint density at radius 3 is 2.54 bits per heavy atom. The second-order valence-corrected chi connectivity index (χ2v) is 7.30. The molecule has 0 radical (unpaired) electrons. The number of aromatic nitrogens is 1. The molecule has 0 saturated carbocycles. The van der Waals surface area contributed by atoms with Crippen molar-refractivity contribution in [2.24, 2.45) is 0 Å². The molecule has 0 aliphatic carbocycles. The molecule has 0 spiro atoms. The average Bonchev–Trinajstić information content (AvgIpc) is 2.92. The third-order valence-corrected chi connectivity index (χ3v) is 5.39. The Morgan fingerprint density at radius 1 is 0.875 bits per heavy atom. The van der Waals surface area contributed by atoms with Crippen molar-refractivity contribution in [3.8, 4) is 11.1 Å². The highest BCUT2D eigenvalue weighted by Crippen LogP contribution is 2.27. The molecule has 118 valence electrons. The van der Waals surface area contributed by atoms with Gasteiger partial charge >= 0.3 is 0 Å². The number of rotatable bonds is 3. The van der Waals surface area contributed by atoms with E-state index in [9.17, 15) is 0 Å². The lowest BCUT2D eigenvalue weighted by molar-refractivity contribution is 0.834. The van der Waals surface area contributed by atoms with Crippen LogP contribution in [0.25, 0.3) is 22.0 Å². The summed E-state index contributed by atoms with van der Waals surface area (Å²) in [6.45, 7) is 3.08. The number of nitrogens with zero attached hydrogens (tertiary/aromatic N) is 1. The minimum atomic E-state index is 0.894. The SMILES string of the molecule is Cc1cn(Cc2cccc(-c3ccccc3I)c2)c2ccccc12. The van der Waals surface area contributed by atoms with Crippen molar-refractivity contribution in [1.82, 2.24) is 4.57 Å². The molecule has 0 bridgehead atoms. The van der Waals surface area contributed by atoms with Crippen LogP contribution in [-0.4, -0.2) is 4.57 Å². The predicted octanol–water partition coefficient (Wildman–Crippen LogP) is 6.27. The van der Waals surface area contributed by atoms with Gasteiger partial charge in [0.25, 0.3) is 0 Å². The highest BCUT2D eigenvalue weighted by molar-refractivity contribution is 14.1. The van der Waals surface area contributed by atoms with Gasteiger partial charge in [0.15, 0.2) is 0 Å². The molecular formula is C22H18IN. The minimum absolute atomic E-state index is 0.894. The average molecular weight is 423 g/mol. The largest absolute Gasteiger partial charge is 0.343 e. The molecule has 0 aliphatic heterocycles. The summed E-state index contributed by atoms with van der Waals surface area (Å²) in [5.74, 6) is 0. The molecule has 0 aliphatic rings. The Hall–Kier alpha value is -2.07. The second kappa shape index (κ2) is 6.44. The van der Waals surface area contributed by atoms with Crippen LogP contribution < -0.4 is 0 Å².